The topological polar surface area (TPSA) is 0 Å². The number of unbranched alkanes of at least 4 members (excludes halogenated alkanes) is 4. The van der Waals surface area contributed by atoms with Crippen LogP contribution in [0.25, 0.3) is 0 Å². The molecule has 0 amide bonds. The Morgan fingerprint density at radius 3 is 1.92 bits per heavy atom. The molecule has 1 atom stereocenters. The Labute approximate surface area is 78.8 Å². The van der Waals surface area contributed by atoms with E-state index in [4.69, 9.17) is 0 Å². The molecule has 0 rings (SSSR count). The van der Waals surface area contributed by atoms with E-state index in [0.29, 0.717) is 0 Å². The minimum absolute atomic E-state index is 0.871. The lowest BCUT2D eigenvalue weighted by Crippen LogP contribution is -2.03. The second-order valence-corrected chi connectivity index (χ2v) is 4.42. The fourth-order valence-electron chi connectivity index (χ4n) is 1.40. The molecule has 0 saturated heterocycles. The highest BCUT2D eigenvalue weighted by molar-refractivity contribution is 4.57. The molecular formula is C12H26. The molecule has 0 N–H and O–H groups in total. The predicted octanol–water partition coefficient (Wildman–Crippen LogP) is 4.64. The van der Waals surface area contributed by atoms with Crippen molar-refractivity contribution >= 4 is 0 Å². The third-order valence-corrected chi connectivity index (χ3v) is 2.90. The van der Waals surface area contributed by atoms with Gasteiger partial charge in [-0.25, -0.2) is 0 Å². The van der Waals surface area contributed by atoms with Crippen LogP contribution >= 0.6 is 0 Å². The summed E-state index contributed by atoms with van der Waals surface area (Å²) in [5, 5.41) is 0. The summed E-state index contributed by atoms with van der Waals surface area (Å²) >= 11 is 0. The summed E-state index contributed by atoms with van der Waals surface area (Å²) in [6.07, 6.45) is 8.56. The van der Waals surface area contributed by atoms with Gasteiger partial charge in [-0.05, 0) is 11.8 Å². The fourth-order valence-corrected chi connectivity index (χ4v) is 1.40. The normalized spacial score (nSPS) is 13.8. The standard InChI is InChI=1S/C12H26/c1-5-6-7-8-9-10-12(4)11(2)3/h11-12H,5-10H2,1-4H3/t12-/m1/s1. The van der Waals surface area contributed by atoms with Gasteiger partial charge in [0.1, 0.15) is 0 Å². The molecule has 0 aromatic rings. The lowest BCUT2D eigenvalue weighted by molar-refractivity contribution is 0.375. The molecule has 74 valence electrons. The summed E-state index contributed by atoms with van der Waals surface area (Å²) in [7, 11) is 0. The average molecular weight is 170 g/mol. The van der Waals surface area contributed by atoms with Crippen molar-refractivity contribution in [3.8, 4) is 0 Å². The van der Waals surface area contributed by atoms with Crippen molar-refractivity contribution in [1.29, 1.82) is 0 Å². The highest BCUT2D eigenvalue weighted by atomic mass is 14.1. The quantitative estimate of drug-likeness (QED) is 0.488. The zero-order valence-electron chi connectivity index (χ0n) is 9.40. The first-order valence-corrected chi connectivity index (χ1v) is 5.68. The van der Waals surface area contributed by atoms with Crippen molar-refractivity contribution in [2.24, 2.45) is 11.8 Å². The molecule has 0 fully saturated rings. The molecule has 0 spiro atoms. The Balaban J connectivity index is 3.08. The van der Waals surface area contributed by atoms with Crippen molar-refractivity contribution in [2.45, 2.75) is 66.2 Å². The van der Waals surface area contributed by atoms with Crippen LogP contribution in [0.2, 0.25) is 0 Å². The van der Waals surface area contributed by atoms with Gasteiger partial charge in [0.15, 0.2) is 0 Å². The Kier molecular flexibility index (Phi) is 7.64. The summed E-state index contributed by atoms with van der Waals surface area (Å²) in [6, 6.07) is 0. The van der Waals surface area contributed by atoms with E-state index in [9.17, 15) is 0 Å². The molecule has 0 heterocycles. The lowest BCUT2D eigenvalue weighted by Gasteiger charge is -2.14. The molecule has 0 nitrogen and oxygen atoms in total. The van der Waals surface area contributed by atoms with Crippen molar-refractivity contribution in [3.05, 3.63) is 0 Å². The fraction of sp³-hybridized carbons (Fsp3) is 1.00. The zero-order valence-corrected chi connectivity index (χ0v) is 9.40. The van der Waals surface area contributed by atoms with Crippen molar-refractivity contribution in [3.63, 3.8) is 0 Å². The van der Waals surface area contributed by atoms with E-state index in [1.807, 2.05) is 0 Å². The summed E-state index contributed by atoms with van der Waals surface area (Å²) in [5.74, 6) is 1.79. The van der Waals surface area contributed by atoms with Gasteiger partial charge in [-0.2, -0.15) is 0 Å². The maximum atomic E-state index is 2.38. The van der Waals surface area contributed by atoms with Crippen LogP contribution in [0.4, 0.5) is 0 Å². The molecule has 0 aliphatic carbocycles. The highest BCUT2D eigenvalue weighted by Gasteiger charge is 2.05. The zero-order chi connectivity index (χ0) is 9.40. The first-order chi connectivity index (χ1) is 5.68. The van der Waals surface area contributed by atoms with Crippen LogP contribution in [-0.4, -0.2) is 0 Å². The van der Waals surface area contributed by atoms with E-state index in [-0.39, 0.29) is 0 Å². The average Bonchev–Trinajstić information content (AvgIpc) is 2.03. The first-order valence-electron chi connectivity index (χ1n) is 5.68. The molecular weight excluding hydrogens is 144 g/mol. The predicted molar refractivity (Wildman–Crippen MR) is 57.4 cm³/mol. The third-order valence-electron chi connectivity index (χ3n) is 2.90. The molecule has 0 unspecified atom stereocenters. The molecule has 12 heavy (non-hydrogen) atoms. The van der Waals surface area contributed by atoms with Crippen LogP contribution in [0, 0.1) is 11.8 Å². The SMILES string of the molecule is CCCCCCC[C@@H](C)C(C)C. The molecule has 0 aromatic carbocycles. The summed E-state index contributed by atoms with van der Waals surface area (Å²) in [5.41, 5.74) is 0. The number of hydrogen-bond donors (Lipinski definition) is 0. The minimum atomic E-state index is 0.871. The molecule has 0 heteroatoms. The van der Waals surface area contributed by atoms with E-state index < -0.39 is 0 Å². The maximum absolute atomic E-state index is 2.38. The molecule has 0 bridgehead atoms. The largest absolute Gasteiger partial charge is 0.0654 e. The first kappa shape index (κ1) is 12.0. The van der Waals surface area contributed by atoms with Crippen molar-refractivity contribution in [2.75, 3.05) is 0 Å². The Hall–Kier alpha value is 0. The Morgan fingerprint density at radius 1 is 0.833 bits per heavy atom. The van der Waals surface area contributed by atoms with Crippen molar-refractivity contribution < 1.29 is 0 Å². The highest BCUT2D eigenvalue weighted by Crippen LogP contribution is 2.18. The molecule has 0 aliphatic heterocycles. The van der Waals surface area contributed by atoms with Crippen LogP contribution < -0.4 is 0 Å². The molecule has 0 saturated carbocycles. The number of hydrogen-bond acceptors (Lipinski definition) is 0. The summed E-state index contributed by atoms with van der Waals surface area (Å²) in [6.45, 7) is 9.31. The molecule has 0 aliphatic rings. The van der Waals surface area contributed by atoms with E-state index in [1.165, 1.54) is 38.5 Å². The van der Waals surface area contributed by atoms with E-state index in [2.05, 4.69) is 27.7 Å². The van der Waals surface area contributed by atoms with E-state index in [0.717, 1.165) is 11.8 Å². The summed E-state index contributed by atoms with van der Waals surface area (Å²) < 4.78 is 0. The van der Waals surface area contributed by atoms with Gasteiger partial charge in [0.05, 0.1) is 0 Å². The van der Waals surface area contributed by atoms with Crippen LogP contribution in [0.15, 0.2) is 0 Å². The third kappa shape index (κ3) is 6.69. The van der Waals surface area contributed by atoms with Gasteiger partial charge in [-0.1, -0.05) is 66.2 Å². The Morgan fingerprint density at radius 2 is 1.42 bits per heavy atom. The van der Waals surface area contributed by atoms with Gasteiger partial charge in [-0.15, -0.1) is 0 Å². The summed E-state index contributed by atoms with van der Waals surface area (Å²) in [4.78, 5) is 0. The monoisotopic (exact) mass is 170 g/mol. The van der Waals surface area contributed by atoms with Crippen LogP contribution in [0.5, 0.6) is 0 Å². The smallest absolute Gasteiger partial charge is 0.0420 e. The Bertz CT molecular complexity index is 84.0. The second kappa shape index (κ2) is 7.64. The van der Waals surface area contributed by atoms with Crippen molar-refractivity contribution in [1.82, 2.24) is 0 Å². The molecule has 0 radical (unpaired) electrons. The van der Waals surface area contributed by atoms with Gasteiger partial charge in [-0.3, -0.25) is 0 Å². The van der Waals surface area contributed by atoms with Crippen LogP contribution in [0.1, 0.15) is 66.2 Å². The van der Waals surface area contributed by atoms with Gasteiger partial charge in [0.25, 0.3) is 0 Å². The minimum Gasteiger partial charge on any atom is -0.0654 e. The van der Waals surface area contributed by atoms with Gasteiger partial charge in [0.2, 0.25) is 0 Å². The maximum Gasteiger partial charge on any atom is -0.0420 e. The van der Waals surface area contributed by atoms with Crippen LogP contribution in [-0.2, 0) is 0 Å². The number of rotatable bonds is 7. The molecule has 0 aromatic heterocycles. The van der Waals surface area contributed by atoms with E-state index >= 15 is 0 Å². The second-order valence-electron chi connectivity index (χ2n) is 4.42. The van der Waals surface area contributed by atoms with Crippen LogP contribution in [0.3, 0.4) is 0 Å². The van der Waals surface area contributed by atoms with Gasteiger partial charge < -0.3 is 0 Å². The lowest BCUT2D eigenvalue weighted by atomic mass is 9.92. The van der Waals surface area contributed by atoms with Gasteiger partial charge in [0, 0.05) is 0 Å². The van der Waals surface area contributed by atoms with E-state index in [1.54, 1.807) is 0 Å². The van der Waals surface area contributed by atoms with Gasteiger partial charge >= 0.3 is 0 Å².